The second-order valence-corrected chi connectivity index (χ2v) is 10.4. The van der Waals surface area contributed by atoms with Crippen LogP contribution in [-0.2, 0) is 10.0 Å². The van der Waals surface area contributed by atoms with Crippen LogP contribution in [0.2, 0.25) is 10.0 Å². The van der Waals surface area contributed by atoms with Crippen molar-refractivity contribution in [3.05, 3.63) is 27.7 Å². The first-order valence-corrected chi connectivity index (χ1v) is 12.1. The lowest BCUT2D eigenvalue weighted by molar-refractivity contribution is 0.0644. The van der Waals surface area contributed by atoms with Gasteiger partial charge in [0.1, 0.15) is 4.90 Å². The molecule has 154 valence electrons. The summed E-state index contributed by atoms with van der Waals surface area (Å²) < 4.78 is 27.8. The summed E-state index contributed by atoms with van der Waals surface area (Å²) in [6, 6.07) is 3.17. The zero-order chi connectivity index (χ0) is 19.9. The van der Waals surface area contributed by atoms with Crippen LogP contribution >= 0.6 is 23.2 Å². The third kappa shape index (κ3) is 4.33. The van der Waals surface area contributed by atoms with E-state index in [-0.39, 0.29) is 32.5 Å². The first-order chi connectivity index (χ1) is 13.3. The Morgan fingerprint density at radius 1 is 0.964 bits per heavy atom. The molecule has 1 saturated carbocycles. The van der Waals surface area contributed by atoms with E-state index in [1.54, 1.807) is 4.90 Å². The number of sulfonamides is 1. The Balaban J connectivity index is 1.50. The van der Waals surface area contributed by atoms with Crippen LogP contribution in [0.1, 0.15) is 48.9 Å². The maximum atomic E-state index is 13.0. The Morgan fingerprint density at radius 3 is 2.21 bits per heavy atom. The topological polar surface area (TPSA) is 69.7 Å². The van der Waals surface area contributed by atoms with Gasteiger partial charge in [-0.05, 0) is 63.7 Å². The van der Waals surface area contributed by atoms with Crippen LogP contribution in [-0.4, -0.2) is 62.4 Å². The molecule has 0 unspecified atom stereocenters. The monoisotopic (exact) mass is 445 g/mol. The number of hydrogen-bond donors (Lipinski definition) is 1. The van der Waals surface area contributed by atoms with Gasteiger partial charge in [0.15, 0.2) is 0 Å². The number of carbonyl (C=O) groups excluding carboxylic acids is 1. The third-order valence-corrected chi connectivity index (χ3v) is 8.15. The van der Waals surface area contributed by atoms with Crippen LogP contribution in [0, 0.1) is 0 Å². The molecule has 0 radical (unpaired) electrons. The Hall–Kier alpha value is -0.860. The maximum Gasteiger partial charge on any atom is 0.255 e. The largest absolute Gasteiger partial charge is 0.338 e. The van der Waals surface area contributed by atoms with Crippen molar-refractivity contribution < 1.29 is 13.2 Å². The highest BCUT2D eigenvalue weighted by atomic mass is 35.5. The molecule has 2 saturated heterocycles. The molecular formula is C19H25Cl2N3O3S. The van der Waals surface area contributed by atoms with Gasteiger partial charge in [0.2, 0.25) is 10.0 Å². The van der Waals surface area contributed by atoms with Gasteiger partial charge in [0.05, 0.1) is 15.6 Å². The summed E-state index contributed by atoms with van der Waals surface area (Å²) in [5.74, 6) is -0.232. The molecule has 0 bridgehead atoms. The molecule has 1 aromatic rings. The minimum Gasteiger partial charge on any atom is -0.338 e. The summed E-state index contributed by atoms with van der Waals surface area (Å²) in [6.45, 7) is 3.61. The number of nitrogens with one attached hydrogen (secondary N) is 1. The number of hydrogen-bond acceptors (Lipinski definition) is 4. The number of amides is 1. The normalized spacial score (nSPS) is 22.0. The Kier molecular flexibility index (Phi) is 5.91. The Morgan fingerprint density at radius 2 is 1.61 bits per heavy atom. The molecule has 9 heteroatoms. The molecule has 1 amide bonds. The van der Waals surface area contributed by atoms with E-state index in [9.17, 15) is 13.2 Å². The van der Waals surface area contributed by atoms with Gasteiger partial charge in [0, 0.05) is 25.2 Å². The van der Waals surface area contributed by atoms with Crippen LogP contribution in [0.5, 0.6) is 0 Å². The lowest BCUT2D eigenvalue weighted by Gasteiger charge is -2.36. The van der Waals surface area contributed by atoms with Gasteiger partial charge in [-0.1, -0.05) is 23.2 Å². The summed E-state index contributed by atoms with van der Waals surface area (Å²) >= 11 is 12.4. The van der Waals surface area contributed by atoms with Crippen LogP contribution < -0.4 is 4.72 Å². The average molecular weight is 446 g/mol. The van der Waals surface area contributed by atoms with E-state index >= 15 is 0 Å². The zero-order valence-electron chi connectivity index (χ0n) is 15.7. The van der Waals surface area contributed by atoms with Crippen molar-refractivity contribution in [2.24, 2.45) is 0 Å². The summed E-state index contributed by atoms with van der Waals surface area (Å²) in [5, 5.41) is 0.212. The molecule has 4 rings (SSSR count). The number of halogens is 2. The number of piperidine rings is 1. The van der Waals surface area contributed by atoms with Crippen LogP contribution in [0.25, 0.3) is 0 Å². The molecule has 2 heterocycles. The molecule has 28 heavy (non-hydrogen) atoms. The number of rotatable bonds is 5. The first-order valence-electron chi connectivity index (χ1n) is 9.90. The minimum absolute atomic E-state index is 0.0300. The number of nitrogens with zero attached hydrogens (tertiary/aromatic N) is 2. The van der Waals surface area contributed by atoms with Crippen LogP contribution in [0.4, 0.5) is 0 Å². The third-order valence-electron chi connectivity index (χ3n) is 5.85. The molecular weight excluding hydrogens is 421 g/mol. The van der Waals surface area contributed by atoms with Gasteiger partial charge in [-0.2, -0.15) is 0 Å². The standard InChI is InChI=1S/C19H25Cl2N3O3S/c20-16-12-17(21)18(28(26,27)22-13-3-4-13)11-15(16)19(25)24-9-5-14(6-10-24)23-7-1-2-8-23/h11-14,22H,1-10H2. The summed E-state index contributed by atoms with van der Waals surface area (Å²) in [7, 11) is -3.77. The quantitative estimate of drug-likeness (QED) is 0.755. The smallest absolute Gasteiger partial charge is 0.255 e. The highest BCUT2D eigenvalue weighted by Crippen LogP contribution is 2.32. The van der Waals surface area contributed by atoms with E-state index < -0.39 is 10.0 Å². The van der Waals surface area contributed by atoms with Gasteiger partial charge in [-0.25, -0.2) is 13.1 Å². The van der Waals surface area contributed by atoms with Gasteiger partial charge >= 0.3 is 0 Å². The fourth-order valence-electron chi connectivity index (χ4n) is 4.09. The lowest BCUT2D eigenvalue weighted by Crippen LogP contribution is -2.46. The van der Waals surface area contributed by atoms with E-state index in [0.717, 1.165) is 38.8 Å². The summed E-state index contributed by atoms with van der Waals surface area (Å²) in [4.78, 5) is 17.2. The Labute approximate surface area is 176 Å². The number of likely N-dealkylation sites (tertiary alicyclic amines) is 2. The van der Waals surface area contributed by atoms with E-state index in [2.05, 4.69) is 9.62 Å². The summed E-state index contributed by atoms with van der Waals surface area (Å²) in [5.41, 5.74) is 0.196. The van der Waals surface area contributed by atoms with Crippen molar-refractivity contribution in [2.75, 3.05) is 26.2 Å². The van der Waals surface area contributed by atoms with Gasteiger partial charge in [-0.3, -0.25) is 4.79 Å². The molecule has 1 aromatic carbocycles. The first kappa shape index (κ1) is 20.4. The van der Waals surface area contributed by atoms with Crippen molar-refractivity contribution in [3.63, 3.8) is 0 Å². The number of carbonyl (C=O) groups is 1. The second-order valence-electron chi connectivity index (χ2n) is 7.92. The van der Waals surface area contributed by atoms with Crippen molar-refractivity contribution in [2.45, 2.75) is 55.5 Å². The van der Waals surface area contributed by atoms with Gasteiger partial charge in [-0.15, -0.1) is 0 Å². The predicted octanol–water partition coefficient (Wildman–Crippen LogP) is 3.13. The molecule has 3 aliphatic rings. The second kappa shape index (κ2) is 8.11. The molecule has 1 N–H and O–H groups in total. The molecule has 1 aliphatic carbocycles. The van der Waals surface area contributed by atoms with Crippen LogP contribution in [0.3, 0.4) is 0 Å². The SMILES string of the molecule is O=C(c1cc(S(=O)(=O)NC2CC2)c(Cl)cc1Cl)N1CCC(N2CCCC2)CC1. The zero-order valence-corrected chi connectivity index (χ0v) is 18.0. The van der Waals surface area contributed by atoms with Crippen molar-refractivity contribution >= 4 is 39.1 Å². The van der Waals surface area contributed by atoms with E-state index in [4.69, 9.17) is 23.2 Å². The number of benzene rings is 1. The van der Waals surface area contributed by atoms with E-state index in [1.165, 1.54) is 25.0 Å². The Bertz CT molecular complexity index is 859. The van der Waals surface area contributed by atoms with Crippen LogP contribution in [0.15, 0.2) is 17.0 Å². The molecule has 6 nitrogen and oxygen atoms in total. The van der Waals surface area contributed by atoms with Crippen molar-refractivity contribution in [1.82, 2.24) is 14.5 Å². The average Bonchev–Trinajstić information content (AvgIpc) is 3.29. The fourth-order valence-corrected chi connectivity index (χ4v) is 6.25. The van der Waals surface area contributed by atoms with E-state index in [1.807, 2.05) is 0 Å². The summed E-state index contributed by atoms with van der Waals surface area (Å²) in [6.07, 6.45) is 6.03. The highest BCUT2D eigenvalue weighted by Gasteiger charge is 2.32. The minimum atomic E-state index is -3.77. The fraction of sp³-hybridized carbons (Fsp3) is 0.632. The molecule has 0 atom stereocenters. The maximum absolute atomic E-state index is 13.0. The highest BCUT2D eigenvalue weighted by molar-refractivity contribution is 7.89. The van der Waals surface area contributed by atoms with Gasteiger partial charge < -0.3 is 9.80 Å². The molecule has 2 aliphatic heterocycles. The molecule has 3 fully saturated rings. The molecule has 0 aromatic heterocycles. The van der Waals surface area contributed by atoms with Gasteiger partial charge in [0.25, 0.3) is 5.91 Å². The van der Waals surface area contributed by atoms with Crippen molar-refractivity contribution in [3.8, 4) is 0 Å². The lowest BCUT2D eigenvalue weighted by atomic mass is 10.0. The van der Waals surface area contributed by atoms with E-state index in [0.29, 0.717) is 19.1 Å². The van der Waals surface area contributed by atoms with Crippen molar-refractivity contribution in [1.29, 1.82) is 0 Å². The molecule has 0 spiro atoms. The predicted molar refractivity (Wildman–Crippen MR) is 110 cm³/mol.